The quantitative estimate of drug-likeness (QED) is 0.272. The Morgan fingerprint density at radius 3 is 2.30 bits per heavy atom. The molecule has 0 fully saturated rings. The summed E-state index contributed by atoms with van der Waals surface area (Å²) in [5.74, 6) is 0.522. The summed E-state index contributed by atoms with van der Waals surface area (Å²) < 4.78 is 17.5. The molecule has 1 heterocycles. The fourth-order valence-corrected chi connectivity index (χ4v) is 2.39. The van der Waals surface area contributed by atoms with Crippen LogP contribution in [0.2, 0.25) is 0 Å². The number of aromatic nitrogens is 1. The van der Waals surface area contributed by atoms with Crippen LogP contribution in [0, 0.1) is 0 Å². The molecule has 0 aliphatic carbocycles. The van der Waals surface area contributed by atoms with Crippen LogP contribution < -0.4 is 10.3 Å². The Morgan fingerprint density at radius 2 is 1.77 bits per heavy atom. The number of aldehydes is 1. The van der Waals surface area contributed by atoms with Crippen molar-refractivity contribution in [2.45, 2.75) is 40.3 Å². The average molecular weight is 484 g/mol. The molecule has 0 aliphatic rings. The molecular weight excluding hydrogens is 453 g/mol. The van der Waals surface area contributed by atoms with Crippen LogP contribution in [0.15, 0.2) is 76.7 Å². The number of benzene rings is 1. The number of hydrogen-bond acceptors (Lipinski definition) is 4. The van der Waals surface area contributed by atoms with E-state index in [0.717, 1.165) is 19.0 Å². The van der Waals surface area contributed by atoms with Gasteiger partial charge in [-0.25, -0.2) is 0 Å². The van der Waals surface area contributed by atoms with Crippen LogP contribution in [0.3, 0.4) is 0 Å². The highest BCUT2D eigenvalue weighted by atomic mass is 79.9. The number of ether oxygens (including phenoxy) is 1. The van der Waals surface area contributed by atoms with Crippen LogP contribution in [0.5, 0.6) is 5.75 Å². The van der Waals surface area contributed by atoms with Gasteiger partial charge in [0.1, 0.15) is 23.1 Å². The summed E-state index contributed by atoms with van der Waals surface area (Å²) in [6.45, 7) is 10.2. The minimum Gasteiger partial charge on any atom is -0.487 e. The van der Waals surface area contributed by atoms with Crippen LogP contribution in [0.1, 0.15) is 32.8 Å². The van der Waals surface area contributed by atoms with E-state index in [9.17, 15) is 14.1 Å². The van der Waals surface area contributed by atoms with Gasteiger partial charge in [-0.1, -0.05) is 56.3 Å². The van der Waals surface area contributed by atoms with Gasteiger partial charge in [-0.05, 0) is 51.5 Å². The molecule has 7 heteroatoms. The average Bonchev–Trinajstić information content (AvgIpc) is 2.77. The molecule has 0 bridgehead atoms. The fraction of sp³-hybridized carbons (Fsp3) is 0.304. The van der Waals surface area contributed by atoms with E-state index in [1.54, 1.807) is 29.0 Å². The highest BCUT2D eigenvalue weighted by Gasteiger charge is 2.08. The van der Waals surface area contributed by atoms with Gasteiger partial charge in [0.05, 0.1) is 7.11 Å². The van der Waals surface area contributed by atoms with Crippen LogP contribution in [-0.2, 0) is 22.9 Å². The molecule has 0 saturated heterocycles. The molecule has 1 aromatic carbocycles. The Kier molecular flexibility index (Phi) is 21.0. The molecule has 0 atom stereocenters. The van der Waals surface area contributed by atoms with E-state index < -0.39 is 0 Å². The molecule has 0 amide bonds. The summed E-state index contributed by atoms with van der Waals surface area (Å²) in [5, 5.41) is 0. The highest BCUT2D eigenvalue weighted by molar-refractivity contribution is 9.10. The van der Waals surface area contributed by atoms with E-state index in [1.807, 2.05) is 51.1 Å². The van der Waals surface area contributed by atoms with E-state index in [4.69, 9.17) is 4.74 Å². The zero-order valence-corrected chi connectivity index (χ0v) is 19.6. The number of halogens is 2. The van der Waals surface area contributed by atoms with E-state index in [-0.39, 0.29) is 5.56 Å². The van der Waals surface area contributed by atoms with Crippen molar-refractivity contribution in [1.29, 1.82) is 0 Å². The Bertz CT molecular complexity index is 777. The van der Waals surface area contributed by atoms with Gasteiger partial charge in [-0.2, -0.15) is 4.94 Å². The van der Waals surface area contributed by atoms with Crippen molar-refractivity contribution in [2.75, 3.05) is 7.11 Å². The largest absolute Gasteiger partial charge is 0.487 e. The van der Waals surface area contributed by atoms with Gasteiger partial charge in [0.2, 0.25) is 0 Å². The lowest BCUT2D eigenvalue weighted by Crippen LogP contribution is -2.20. The molecule has 0 N–H and O–H groups in total. The lowest BCUT2D eigenvalue weighted by atomic mass is 10.2. The maximum atomic E-state index is 12.2. The van der Waals surface area contributed by atoms with Crippen molar-refractivity contribution in [2.24, 2.45) is 0 Å². The smallest absolute Gasteiger partial charge is 0.268 e. The predicted molar refractivity (Wildman–Crippen MR) is 124 cm³/mol. The van der Waals surface area contributed by atoms with Gasteiger partial charge >= 0.3 is 0 Å². The van der Waals surface area contributed by atoms with Crippen molar-refractivity contribution in [3.8, 4) is 5.75 Å². The summed E-state index contributed by atoms with van der Waals surface area (Å²) in [4.78, 5) is 25.1. The van der Waals surface area contributed by atoms with Crippen LogP contribution in [0.4, 0.5) is 4.53 Å². The first-order valence-electron chi connectivity index (χ1n) is 9.43. The summed E-state index contributed by atoms with van der Waals surface area (Å²) in [6.07, 6.45) is 7.95. The number of hydrogen-bond donors (Lipinski definition) is 0. The minimum absolute atomic E-state index is 0.148. The summed E-state index contributed by atoms with van der Waals surface area (Å²) in [7, 11) is 0.958. The molecule has 0 spiro atoms. The van der Waals surface area contributed by atoms with Gasteiger partial charge in [0.25, 0.3) is 5.56 Å². The third-order valence-corrected chi connectivity index (χ3v) is 3.79. The zero-order chi connectivity index (χ0) is 23.2. The van der Waals surface area contributed by atoms with Gasteiger partial charge in [0, 0.05) is 12.7 Å². The highest BCUT2D eigenvalue weighted by Crippen LogP contribution is 2.21. The summed E-state index contributed by atoms with van der Waals surface area (Å²) in [5.41, 5.74) is 0.891. The van der Waals surface area contributed by atoms with Crippen LogP contribution in [0.25, 0.3) is 0 Å². The Hall–Kier alpha value is -2.51. The fourth-order valence-electron chi connectivity index (χ4n) is 1.92. The number of carbonyl (C=O) groups is 1. The molecule has 0 aliphatic heterocycles. The zero-order valence-electron chi connectivity index (χ0n) is 18.0. The Morgan fingerprint density at radius 1 is 1.20 bits per heavy atom. The van der Waals surface area contributed by atoms with Crippen molar-refractivity contribution in [3.63, 3.8) is 0 Å². The van der Waals surface area contributed by atoms with Crippen molar-refractivity contribution >= 4 is 22.2 Å². The normalized spacial score (nSPS) is 9.13. The second kappa shape index (κ2) is 21.2. The topological polar surface area (TPSA) is 57.5 Å². The first kappa shape index (κ1) is 29.7. The van der Waals surface area contributed by atoms with E-state index in [1.165, 1.54) is 6.08 Å². The Labute approximate surface area is 186 Å². The molecule has 166 valence electrons. The molecule has 2 aromatic rings. The lowest BCUT2D eigenvalue weighted by molar-refractivity contribution is -0.104. The SMILES string of the molecule is C=CC.CC.COF.O=C/C=C/CCn1ccc(OCc2ccccc2)c(Br)c1=O. The van der Waals surface area contributed by atoms with Gasteiger partial charge in [0.15, 0.2) is 0 Å². The van der Waals surface area contributed by atoms with E-state index >= 15 is 0 Å². The van der Waals surface area contributed by atoms with Crippen LogP contribution >= 0.6 is 15.9 Å². The summed E-state index contributed by atoms with van der Waals surface area (Å²) >= 11 is 3.29. The maximum Gasteiger partial charge on any atom is 0.268 e. The second-order valence-electron chi connectivity index (χ2n) is 5.18. The molecule has 30 heavy (non-hydrogen) atoms. The molecule has 2 rings (SSSR count). The molecule has 1 aromatic heterocycles. The third kappa shape index (κ3) is 13.6. The van der Waals surface area contributed by atoms with Crippen molar-refractivity contribution in [1.82, 2.24) is 4.57 Å². The van der Waals surface area contributed by atoms with E-state index in [2.05, 4.69) is 27.5 Å². The molecular formula is C23H31BrFNO4. The number of pyridine rings is 1. The van der Waals surface area contributed by atoms with Gasteiger partial charge in [-0.15, -0.1) is 6.58 Å². The molecule has 0 unspecified atom stereocenters. The third-order valence-electron chi connectivity index (χ3n) is 3.06. The maximum absolute atomic E-state index is 12.2. The first-order valence-corrected chi connectivity index (χ1v) is 10.2. The lowest BCUT2D eigenvalue weighted by Gasteiger charge is -2.10. The number of aryl methyl sites for hydroxylation is 1. The Balaban J connectivity index is 0. The molecule has 5 nitrogen and oxygen atoms in total. The monoisotopic (exact) mass is 483 g/mol. The minimum atomic E-state index is -0.148. The van der Waals surface area contributed by atoms with Crippen molar-refractivity contribution in [3.05, 3.63) is 87.8 Å². The number of nitrogens with zero attached hydrogens (tertiary/aromatic N) is 1. The summed E-state index contributed by atoms with van der Waals surface area (Å²) in [6, 6.07) is 11.5. The molecule has 0 saturated carbocycles. The van der Waals surface area contributed by atoms with Crippen LogP contribution in [-0.4, -0.2) is 18.0 Å². The first-order chi connectivity index (χ1) is 14.5. The number of carbonyl (C=O) groups excluding carboxylic acids is 1. The molecule has 0 radical (unpaired) electrons. The second-order valence-corrected chi connectivity index (χ2v) is 5.98. The standard InChI is InChI=1S/C17H16BrNO3.C3H6.C2H6.CH3FO/c18-16-15(22-13-14-7-3-1-4-8-14)9-11-19(17(16)21)10-5-2-6-12-20;1-3-2;1-2;1-3-2/h1-4,6-9,11-12H,5,10,13H2;3H,1H2,2H3;1-2H3;1H3/b6-2+;;;. The van der Waals surface area contributed by atoms with Gasteiger partial charge in [-0.3, -0.25) is 9.59 Å². The predicted octanol–water partition coefficient (Wildman–Crippen LogP) is 6.07. The number of rotatable bonds is 7. The van der Waals surface area contributed by atoms with Crippen molar-refractivity contribution < 1.29 is 19.0 Å². The van der Waals surface area contributed by atoms with E-state index in [0.29, 0.717) is 29.8 Å². The number of allylic oxidation sites excluding steroid dienone is 3. The van der Waals surface area contributed by atoms with Gasteiger partial charge < -0.3 is 9.30 Å².